The molecule has 0 nitrogen and oxygen atoms in total. The van der Waals surface area contributed by atoms with Crippen LogP contribution in [-0.4, -0.2) is 0 Å². The van der Waals surface area contributed by atoms with Gasteiger partial charge in [0, 0.05) is 5.02 Å². The molecule has 0 bridgehead atoms. The number of rotatable bonds is 0. The fourth-order valence-corrected chi connectivity index (χ4v) is 7.45. The lowest BCUT2D eigenvalue weighted by molar-refractivity contribution is 1.01. The highest BCUT2D eigenvalue weighted by atomic mass is 35.5. The summed E-state index contributed by atoms with van der Waals surface area (Å²) in [6.07, 6.45) is 1.26. The van der Waals surface area contributed by atoms with Crippen molar-refractivity contribution in [3.05, 3.63) is 119 Å². The van der Waals surface area contributed by atoms with Crippen molar-refractivity contribution in [1.82, 2.24) is 0 Å². The molecule has 0 spiro atoms. The molecule has 9 rings (SSSR count). The van der Waals surface area contributed by atoms with Crippen LogP contribution in [0.15, 0.2) is 103 Å². The maximum absolute atomic E-state index is 6.69. The molecule has 0 aromatic heterocycles. The molecule has 0 aliphatic heterocycles. The van der Waals surface area contributed by atoms with Gasteiger partial charge in [-0.1, -0.05) is 103 Å². The van der Waals surface area contributed by atoms with Crippen molar-refractivity contribution in [2.45, 2.75) is 18.3 Å². The zero-order valence-electron chi connectivity index (χ0n) is 19.6. The largest absolute Gasteiger partial charge is 0.0843 e. The summed E-state index contributed by atoms with van der Waals surface area (Å²) in [5.41, 5.74) is 5.89. The van der Waals surface area contributed by atoms with E-state index in [1.54, 1.807) is 0 Å². The zero-order valence-corrected chi connectivity index (χ0v) is 20.3. The molecule has 7 aromatic carbocycles. The Balaban J connectivity index is 1.65. The fourth-order valence-electron chi connectivity index (χ4n) is 7.28. The molecule has 0 N–H and O–H groups in total. The Labute approximate surface area is 213 Å². The van der Waals surface area contributed by atoms with E-state index in [9.17, 15) is 0 Å². The first-order chi connectivity index (χ1) is 17.8. The lowest BCUT2D eigenvalue weighted by atomic mass is 9.79. The van der Waals surface area contributed by atoms with Gasteiger partial charge < -0.3 is 0 Å². The van der Waals surface area contributed by atoms with Crippen LogP contribution >= 0.6 is 11.6 Å². The van der Waals surface area contributed by atoms with Crippen LogP contribution in [0.3, 0.4) is 0 Å². The highest BCUT2D eigenvalue weighted by Gasteiger charge is 2.45. The molecule has 1 fully saturated rings. The van der Waals surface area contributed by atoms with Crippen molar-refractivity contribution in [3.63, 3.8) is 0 Å². The molecule has 2 atom stereocenters. The second-order valence-electron chi connectivity index (χ2n) is 10.5. The van der Waals surface area contributed by atoms with Crippen LogP contribution < -0.4 is 0 Å². The molecule has 0 amide bonds. The van der Waals surface area contributed by atoms with Crippen LogP contribution in [0.4, 0.5) is 0 Å². The van der Waals surface area contributed by atoms with Crippen molar-refractivity contribution < 1.29 is 0 Å². The summed E-state index contributed by atoms with van der Waals surface area (Å²) < 4.78 is 0. The van der Waals surface area contributed by atoms with Gasteiger partial charge in [-0.25, -0.2) is 0 Å². The second-order valence-corrected chi connectivity index (χ2v) is 11.0. The van der Waals surface area contributed by atoms with E-state index in [0.717, 1.165) is 5.02 Å². The maximum atomic E-state index is 6.69. The Morgan fingerprint density at radius 1 is 0.472 bits per heavy atom. The van der Waals surface area contributed by atoms with Crippen LogP contribution in [0, 0.1) is 0 Å². The Bertz CT molecular complexity index is 2100. The Morgan fingerprint density at radius 2 is 1.06 bits per heavy atom. The molecule has 0 saturated heterocycles. The smallest absolute Gasteiger partial charge is 0.0412 e. The van der Waals surface area contributed by atoms with E-state index in [1.165, 1.54) is 82.5 Å². The summed E-state index contributed by atoms with van der Waals surface area (Å²) in [4.78, 5) is 0. The van der Waals surface area contributed by atoms with Crippen LogP contribution in [0.5, 0.6) is 0 Å². The zero-order chi connectivity index (χ0) is 23.5. The van der Waals surface area contributed by atoms with Gasteiger partial charge in [-0.15, -0.1) is 0 Å². The number of hydrogen-bond acceptors (Lipinski definition) is 0. The first kappa shape index (κ1) is 19.3. The van der Waals surface area contributed by atoms with E-state index in [4.69, 9.17) is 11.6 Å². The van der Waals surface area contributed by atoms with Gasteiger partial charge in [-0.2, -0.15) is 0 Å². The minimum Gasteiger partial charge on any atom is -0.0843 e. The van der Waals surface area contributed by atoms with Gasteiger partial charge in [0.15, 0.2) is 0 Å². The SMILES string of the molecule is Clc1ccc2c(c1)c1c3ccccc3c3ccccc3c1c1ccc3c(c21)-c1ccccc1C1CC31. The van der Waals surface area contributed by atoms with E-state index in [2.05, 4.69) is 103 Å². The molecule has 7 aromatic rings. The minimum atomic E-state index is 0.644. The predicted molar refractivity (Wildman–Crippen MR) is 155 cm³/mol. The van der Waals surface area contributed by atoms with Crippen molar-refractivity contribution in [1.29, 1.82) is 0 Å². The lowest BCUT2D eigenvalue weighted by Gasteiger charge is -2.24. The van der Waals surface area contributed by atoms with E-state index in [1.807, 2.05) is 0 Å². The second kappa shape index (κ2) is 6.66. The summed E-state index contributed by atoms with van der Waals surface area (Å²) in [6.45, 7) is 0. The van der Waals surface area contributed by atoms with Crippen LogP contribution in [0.25, 0.3) is 65.0 Å². The van der Waals surface area contributed by atoms with E-state index in [-0.39, 0.29) is 0 Å². The molecule has 2 aliphatic carbocycles. The van der Waals surface area contributed by atoms with Crippen LogP contribution in [-0.2, 0) is 0 Å². The highest BCUT2D eigenvalue weighted by molar-refractivity contribution is 6.42. The van der Waals surface area contributed by atoms with E-state index in [0.29, 0.717) is 11.8 Å². The van der Waals surface area contributed by atoms with Crippen LogP contribution in [0.2, 0.25) is 5.02 Å². The molecular formula is C35H21Cl. The van der Waals surface area contributed by atoms with E-state index >= 15 is 0 Å². The molecule has 0 heterocycles. The third kappa shape index (κ3) is 2.31. The number of fused-ring (bicyclic) bond motifs is 18. The highest BCUT2D eigenvalue weighted by Crippen LogP contribution is 2.63. The Kier molecular flexibility index (Phi) is 3.58. The topological polar surface area (TPSA) is 0 Å². The quantitative estimate of drug-likeness (QED) is 0.191. The minimum absolute atomic E-state index is 0.644. The molecule has 1 heteroatoms. The third-order valence-corrected chi connectivity index (χ3v) is 9.01. The summed E-state index contributed by atoms with van der Waals surface area (Å²) in [5.74, 6) is 1.32. The molecule has 0 radical (unpaired) electrons. The van der Waals surface area contributed by atoms with Crippen molar-refractivity contribution in [2.75, 3.05) is 0 Å². The van der Waals surface area contributed by atoms with Gasteiger partial charge in [0.2, 0.25) is 0 Å². The van der Waals surface area contributed by atoms with Gasteiger partial charge in [-0.05, 0) is 107 Å². The predicted octanol–water partition coefficient (Wildman–Crippen LogP) is 10.4. The van der Waals surface area contributed by atoms with Crippen molar-refractivity contribution in [3.8, 4) is 11.1 Å². The maximum Gasteiger partial charge on any atom is 0.0412 e. The monoisotopic (exact) mass is 476 g/mol. The van der Waals surface area contributed by atoms with Gasteiger partial charge in [-0.3, -0.25) is 0 Å². The van der Waals surface area contributed by atoms with E-state index < -0.39 is 0 Å². The Hall–Kier alpha value is -3.87. The first-order valence-electron chi connectivity index (χ1n) is 12.8. The Morgan fingerprint density at radius 3 is 1.83 bits per heavy atom. The molecule has 2 unspecified atom stereocenters. The summed E-state index contributed by atoms with van der Waals surface area (Å²) in [5, 5.41) is 13.9. The average Bonchev–Trinajstić information content (AvgIpc) is 3.74. The molecule has 168 valence electrons. The van der Waals surface area contributed by atoms with Gasteiger partial charge >= 0.3 is 0 Å². The summed E-state index contributed by atoms with van der Waals surface area (Å²) in [7, 11) is 0. The molecule has 1 saturated carbocycles. The normalized spacial score (nSPS) is 18.0. The fraction of sp³-hybridized carbons (Fsp3) is 0.0857. The summed E-state index contributed by atoms with van der Waals surface area (Å²) >= 11 is 6.69. The van der Waals surface area contributed by atoms with Crippen molar-refractivity contribution >= 4 is 65.5 Å². The van der Waals surface area contributed by atoms with Crippen LogP contribution in [0.1, 0.15) is 29.4 Å². The summed E-state index contributed by atoms with van der Waals surface area (Å²) in [6, 6.07) is 38.2. The number of hydrogen-bond donors (Lipinski definition) is 0. The standard InChI is InChI=1S/C35H21Cl/c36-19-13-14-27-31(17-19)35-24-11-5-2-8-21(24)20-7-1-4-10-23(20)33(35)28-16-15-26-30-18-29(30)22-9-3-6-12-25(22)32(26)34(27)28/h1-17,29-30H,18H2. The molecule has 2 aliphatic rings. The number of benzene rings is 7. The first-order valence-corrected chi connectivity index (χ1v) is 13.2. The van der Waals surface area contributed by atoms with Gasteiger partial charge in [0.05, 0.1) is 0 Å². The van der Waals surface area contributed by atoms with Gasteiger partial charge in [0.1, 0.15) is 0 Å². The molecule has 36 heavy (non-hydrogen) atoms. The average molecular weight is 477 g/mol. The van der Waals surface area contributed by atoms with Gasteiger partial charge in [0.25, 0.3) is 0 Å². The number of halogens is 1. The lowest BCUT2D eigenvalue weighted by Crippen LogP contribution is -2.01. The third-order valence-electron chi connectivity index (χ3n) is 8.78. The van der Waals surface area contributed by atoms with Crippen molar-refractivity contribution in [2.24, 2.45) is 0 Å². The molecular weight excluding hydrogens is 456 g/mol.